The standard InChI is InChI=1S/C13H12FNO2S/c1-8-2-3-12(11(14)4-8)15-6-10-5-9(7-18-10)13(16)17/h2-5,7,15H,6H2,1H3,(H,16,17). The van der Waals surface area contributed by atoms with Crippen molar-refractivity contribution in [3.05, 3.63) is 51.5 Å². The van der Waals surface area contributed by atoms with E-state index in [9.17, 15) is 9.18 Å². The molecular formula is C13H12FNO2S. The van der Waals surface area contributed by atoms with Gasteiger partial charge < -0.3 is 10.4 Å². The van der Waals surface area contributed by atoms with E-state index in [2.05, 4.69) is 5.32 Å². The van der Waals surface area contributed by atoms with Crippen molar-refractivity contribution in [1.29, 1.82) is 0 Å². The first-order chi connectivity index (χ1) is 8.56. The van der Waals surface area contributed by atoms with Crippen LogP contribution in [0.25, 0.3) is 0 Å². The maximum Gasteiger partial charge on any atom is 0.336 e. The molecule has 1 aromatic carbocycles. The maximum absolute atomic E-state index is 13.5. The van der Waals surface area contributed by atoms with Crippen LogP contribution in [0.3, 0.4) is 0 Å². The van der Waals surface area contributed by atoms with Gasteiger partial charge >= 0.3 is 5.97 Å². The maximum atomic E-state index is 13.5. The number of rotatable bonds is 4. The summed E-state index contributed by atoms with van der Waals surface area (Å²) in [6, 6.07) is 6.55. The van der Waals surface area contributed by atoms with Gasteiger partial charge in [-0.3, -0.25) is 0 Å². The Morgan fingerprint density at radius 2 is 2.22 bits per heavy atom. The molecule has 0 radical (unpaired) electrons. The summed E-state index contributed by atoms with van der Waals surface area (Å²) in [5, 5.41) is 13.3. The van der Waals surface area contributed by atoms with Crippen LogP contribution in [0.5, 0.6) is 0 Å². The quantitative estimate of drug-likeness (QED) is 0.889. The number of carboxylic acids is 1. The molecule has 1 aromatic heterocycles. The van der Waals surface area contributed by atoms with Gasteiger partial charge in [0.15, 0.2) is 0 Å². The lowest BCUT2D eigenvalue weighted by Crippen LogP contribution is -2.00. The van der Waals surface area contributed by atoms with Gasteiger partial charge in [0.25, 0.3) is 0 Å². The van der Waals surface area contributed by atoms with Crippen LogP contribution in [0.4, 0.5) is 10.1 Å². The molecule has 94 valence electrons. The zero-order valence-electron chi connectivity index (χ0n) is 9.74. The molecule has 0 aliphatic carbocycles. The van der Waals surface area contributed by atoms with Crippen molar-refractivity contribution < 1.29 is 14.3 Å². The van der Waals surface area contributed by atoms with Gasteiger partial charge in [-0.2, -0.15) is 0 Å². The van der Waals surface area contributed by atoms with Crippen molar-refractivity contribution in [2.45, 2.75) is 13.5 Å². The zero-order chi connectivity index (χ0) is 13.1. The summed E-state index contributed by atoms with van der Waals surface area (Å²) in [7, 11) is 0. The first-order valence-electron chi connectivity index (χ1n) is 5.37. The zero-order valence-corrected chi connectivity index (χ0v) is 10.6. The normalized spacial score (nSPS) is 10.3. The predicted octanol–water partition coefficient (Wildman–Crippen LogP) is 3.51. The minimum absolute atomic E-state index is 0.265. The highest BCUT2D eigenvalue weighted by atomic mass is 32.1. The molecule has 1 heterocycles. The Morgan fingerprint density at radius 1 is 1.44 bits per heavy atom. The van der Waals surface area contributed by atoms with Crippen molar-refractivity contribution in [3.8, 4) is 0 Å². The number of hydrogen-bond acceptors (Lipinski definition) is 3. The largest absolute Gasteiger partial charge is 0.478 e. The van der Waals surface area contributed by atoms with Crippen molar-refractivity contribution in [2.24, 2.45) is 0 Å². The van der Waals surface area contributed by atoms with Crippen molar-refractivity contribution in [1.82, 2.24) is 0 Å². The van der Waals surface area contributed by atoms with Crippen LogP contribution in [0, 0.1) is 12.7 Å². The molecule has 2 N–H and O–H groups in total. The van der Waals surface area contributed by atoms with Crippen LogP contribution >= 0.6 is 11.3 Å². The Morgan fingerprint density at radius 3 is 2.83 bits per heavy atom. The molecule has 0 atom stereocenters. The van der Waals surface area contributed by atoms with Crippen molar-refractivity contribution >= 4 is 23.0 Å². The molecule has 5 heteroatoms. The molecule has 0 bridgehead atoms. The molecular weight excluding hydrogens is 253 g/mol. The molecule has 0 spiro atoms. The van der Waals surface area contributed by atoms with Gasteiger partial charge in [0.1, 0.15) is 5.82 Å². The molecule has 3 nitrogen and oxygen atoms in total. The fourth-order valence-electron chi connectivity index (χ4n) is 1.53. The summed E-state index contributed by atoms with van der Waals surface area (Å²) in [4.78, 5) is 11.6. The average molecular weight is 265 g/mol. The molecule has 0 aliphatic rings. The van der Waals surface area contributed by atoms with E-state index in [1.165, 1.54) is 17.4 Å². The van der Waals surface area contributed by atoms with Gasteiger partial charge in [0.05, 0.1) is 11.3 Å². The average Bonchev–Trinajstić information content (AvgIpc) is 2.76. The van der Waals surface area contributed by atoms with E-state index in [1.807, 2.05) is 13.0 Å². The predicted molar refractivity (Wildman–Crippen MR) is 69.7 cm³/mol. The Bertz CT molecular complexity index is 580. The summed E-state index contributed by atoms with van der Waals surface area (Å²) in [6.07, 6.45) is 0. The lowest BCUT2D eigenvalue weighted by atomic mass is 10.2. The van der Waals surface area contributed by atoms with Gasteiger partial charge in [0, 0.05) is 16.8 Å². The summed E-state index contributed by atoms with van der Waals surface area (Å²) < 4.78 is 13.5. The number of thiophene rings is 1. The van der Waals surface area contributed by atoms with Crippen LogP contribution in [-0.2, 0) is 6.54 Å². The molecule has 0 saturated carbocycles. The first kappa shape index (κ1) is 12.6. The molecule has 0 amide bonds. The molecule has 2 aromatic rings. The second-order valence-corrected chi connectivity index (χ2v) is 4.94. The van der Waals surface area contributed by atoms with Gasteiger partial charge in [-0.1, -0.05) is 6.07 Å². The number of carbonyl (C=O) groups is 1. The highest BCUT2D eigenvalue weighted by Gasteiger charge is 2.07. The lowest BCUT2D eigenvalue weighted by Gasteiger charge is -2.06. The molecule has 2 rings (SSSR count). The van der Waals surface area contributed by atoms with E-state index in [-0.39, 0.29) is 11.4 Å². The highest BCUT2D eigenvalue weighted by Crippen LogP contribution is 2.19. The molecule has 0 fully saturated rings. The monoisotopic (exact) mass is 265 g/mol. The second-order valence-electron chi connectivity index (χ2n) is 3.94. The number of aryl methyl sites for hydroxylation is 1. The van der Waals surface area contributed by atoms with Crippen LogP contribution in [0.1, 0.15) is 20.8 Å². The summed E-state index contributed by atoms with van der Waals surface area (Å²) in [5.74, 6) is -1.25. The molecule has 0 unspecified atom stereocenters. The van der Waals surface area contributed by atoms with Crippen molar-refractivity contribution in [3.63, 3.8) is 0 Å². The Hall–Kier alpha value is -1.88. The number of aromatic carboxylic acids is 1. The van der Waals surface area contributed by atoms with E-state index in [1.54, 1.807) is 17.5 Å². The minimum atomic E-state index is -0.945. The topological polar surface area (TPSA) is 49.3 Å². The Labute approximate surface area is 108 Å². The number of anilines is 1. The third-order valence-corrected chi connectivity index (χ3v) is 3.42. The van der Waals surface area contributed by atoms with E-state index in [0.29, 0.717) is 12.2 Å². The fraction of sp³-hybridized carbons (Fsp3) is 0.154. The number of nitrogens with one attached hydrogen (secondary N) is 1. The molecule has 0 saturated heterocycles. The van der Waals surface area contributed by atoms with E-state index in [0.717, 1.165) is 10.4 Å². The molecule has 18 heavy (non-hydrogen) atoms. The third-order valence-electron chi connectivity index (χ3n) is 2.48. The smallest absolute Gasteiger partial charge is 0.336 e. The second kappa shape index (κ2) is 5.18. The van der Waals surface area contributed by atoms with Crippen LogP contribution < -0.4 is 5.32 Å². The number of benzene rings is 1. The Balaban J connectivity index is 2.04. The first-order valence-corrected chi connectivity index (χ1v) is 6.25. The van der Waals surface area contributed by atoms with Crippen LogP contribution in [0.2, 0.25) is 0 Å². The summed E-state index contributed by atoms with van der Waals surface area (Å²) in [5.41, 5.74) is 1.55. The van der Waals surface area contributed by atoms with Crippen LogP contribution in [0.15, 0.2) is 29.6 Å². The fourth-order valence-corrected chi connectivity index (χ4v) is 2.33. The number of carboxylic acid groups (broad SMARTS) is 1. The van der Waals surface area contributed by atoms with Crippen LogP contribution in [-0.4, -0.2) is 11.1 Å². The van der Waals surface area contributed by atoms with Crippen molar-refractivity contribution in [2.75, 3.05) is 5.32 Å². The third kappa shape index (κ3) is 2.87. The van der Waals surface area contributed by atoms with Gasteiger partial charge in [-0.05, 0) is 30.7 Å². The highest BCUT2D eigenvalue weighted by molar-refractivity contribution is 7.10. The lowest BCUT2D eigenvalue weighted by molar-refractivity contribution is 0.0697. The van der Waals surface area contributed by atoms with Gasteiger partial charge in [-0.15, -0.1) is 11.3 Å². The van der Waals surface area contributed by atoms with E-state index < -0.39 is 5.97 Å². The van der Waals surface area contributed by atoms with Gasteiger partial charge in [0.2, 0.25) is 0 Å². The SMILES string of the molecule is Cc1ccc(NCc2cc(C(=O)O)cs2)c(F)c1. The number of halogens is 1. The van der Waals surface area contributed by atoms with Gasteiger partial charge in [-0.25, -0.2) is 9.18 Å². The minimum Gasteiger partial charge on any atom is -0.478 e. The summed E-state index contributed by atoms with van der Waals surface area (Å²) in [6.45, 7) is 2.24. The Kier molecular flexibility index (Phi) is 3.62. The summed E-state index contributed by atoms with van der Waals surface area (Å²) >= 11 is 1.34. The molecule has 0 aliphatic heterocycles. The number of hydrogen-bond donors (Lipinski definition) is 2. The van der Waals surface area contributed by atoms with E-state index >= 15 is 0 Å². The van der Waals surface area contributed by atoms with E-state index in [4.69, 9.17) is 5.11 Å².